The zero-order chi connectivity index (χ0) is 44.6. The number of rotatable bonds is 4. The highest BCUT2D eigenvalue weighted by molar-refractivity contribution is 8.17. The van der Waals surface area contributed by atoms with E-state index in [1.807, 2.05) is 0 Å². The van der Waals surface area contributed by atoms with Gasteiger partial charge in [0.1, 0.15) is 11.5 Å². The normalized spacial score (nSPS) is 25.4. The van der Waals surface area contributed by atoms with Crippen molar-refractivity contribution < 1.29 is 9.47 Å². The predicted octanol–water partition coefficient (Wildman–Crippen LogP) is 16.5. The lowest BCUT2D eigenvalue weighted by atomic mass is 9.64. The minimum absolute atomic E-state index is 0.0315. The van der Waals surface area contributed by atoms with Gasteiger partial charge in [0.15, 0.2) is 0 Å². The van der Waals surface area contributed by atoms with Crippen molar-refractivity contribution in [2.24, 2.45) is 0 Å². The van der Waals surface area contributed by atoms with Gasteiger partial charge in [0.2, 0.25) is 5.79 Å². The fraction of sp³-hybridized carbons (Fsp3) is 0.559. The van der Waals surface area contributed by atoms with Crippen LogP contribution in [-0.2, 0) is 33.2 Å². The highest BCUT2D eigenvalue weighted by Gasteiger charge is 2.44. The molecule has 0 N–H and O–H groups in total. The van der Waals surface area contributed by atoms with Gasteiger partial charge in [-0.15, -0.1) is 0 Å². The number of hydrogen-bond acceptors (Lipinski definition) is 2. The highest BCUT2D eigenvalue weighted by Crippen LogP contribution is 2.55. The van der Waals surface area contributed by atoms with Gasteiger partial charge >= 0.3 is 0 Å². The Morgan fingerprint density at radius 3 is 1.19 bits per heavy atom. The van der Waals surface area contributed by atoms with Crippen molar-refractivity contribution in [1.29, 1.82) is 0 Å². The summed E-state index contributed by atoms with van der Waals surface area (Å²) in [6.07, 6.45) is 19.6. The molecule has 4 unspecified atom stereocenters. The van der Waals surface area contributed by atoms with E-state index < -0.39 is 5.79 Å². The van der Waals surface area contributed by atoms with E-state index in [0.29, 0.717) is 10.5 Å². The highest BCUT2D eigenvalue weighted by atomic mass is 32.2. The topological polar surface area (TPSA) is 18.5 Å². The fourth-order valence-electron chi connectivity index (χ4n) is 12.0. The van der Waals surface area contributed by atoms with E-state index in [0.717, 1.165) is 48.7 Å². The van der Waals surface area contributed by atoms with Gasteiger partial charge in [0.25, 0.3) is 0 Å². The molecular weight excluding hydrogens is 805 g/mol. The van der Waals surface area contributed by atoms with Crippen molar-refractivity contribution >= 4 is 32.7 Å². The quantitative estimate of drug-likeness (QED) is 0.190. The second-order valence-electron chi connectivity index (χ2n) is 22.6. The third-order valence-electron chi connectivity index (χ3n) is 15.5. The van der Waals surface area contributed by atoms with Crippen molar-refractivity contribution in [2.45, 2.75) is 208 Å². The number of fused-ring (bicyclic) bond motifs is 3. The Morgan fingerprint density at radius 1 is 0.492 bits per heavy atom. The molecule has 340 valence electrons. The SMILES string of the molecule is C=S1Cc2cc(C(C)(C)C)cc(C3(c4ccccc4)CCCCC3)c2OC(C)(C)Oc2c(cc(C(C)(C)C)cc2C2(c3ccccc3)CCCCC2)CS(=C)C2CCCCCCC21. The maximum absolute atomic E-state index is 7.83. The van der Waals surface area contributed by atoms with E-state index in [1.165, 1.54) is 122 Å². The van der Waals surface area contributed by atoms with Crippen LogP contribution < -0.4 is 9.47 Å². The van der Waals surface area contributed by atoms with Crippen LogP contribution in [0.4, 0.5) is 0 Å². The lowest BCUT2D eigenvalue weighted by molar-refractivity contribution is -0.0840. The van der Waals surface area contributed by atoms with Crippen LogP contribution in [0.1, 0.15) is 203 Å². The molecule has 0 aromatic heterocycles. The van der Waals surface area contributed by atoms with Crippen LogP contribution in [0.25, 0.3) is 0 Å². The van der Waals surface area contributed by atoms with Gasteiger partial charge in [0, 0.05) is 68.9 Å². The van der Waals surface area contributed by atoms with E-state index in [1.54, 1.807) is 0 Å². The molecule has 0 radical (unpaired) electrons. The van der Waals surface area contributed by atoms with E-state index in [2.05, 4.69) is 140 Å². The lowest BCUT2D eigenvalue weighted by Gasteiger charge is -2.43. The van der Waals surface area contributed by atoms with E-state index >= 15 is 0 Å². The van der Waals surface area contributed by atoms with Crippen LogP contribution in [-0.4, -0.2) is 28.0 Å². The molecule has 0 bridgehead atoms. The zero-order valence-corrected chi connectivity index (χ0v) is 42.1. The van der Waals surface area contributed by atoms with Crippen molar-refractivity contribution in [3.05, 3.63) is 129 Å². The molecule has 63 heavy (non-hydrogen) atoms. The Kier molecular flexibility index (Phi) is 13.8. The minimum Gasteiger partial charge on any atom is -0.452 e. The average Bonchev–Trinajstić information content (AvgIpc) is 3.24. The monoisotopic (exact) mass is 885 g/mol. The van der Waals surface area contributed by atoms with Gasteiger partial charge in [0.05, 0.1) is 0 Å². The molecule has 4 atom stereocenters. The van der Waals surface area contributed by atoms with E-state index in [4.69, 9.17) is 21.2 Å². The molecular formula is C59H80O2S2. The van der Waals surface area contributed by atoms with Crippen molar-refractivity contribution in [3.63, 3.8) is 0 Å². The summed E-state index contributed by atoms with van der Waals surface area (Å²) in [6.45, 7) is 18.8. The van der Waals surface area contributed by atoms with Gasteiger partial charge in [-0.05, 0) is 71.6 Å². The minimum atomic E-state index is -0.978. The van der Waals surface area contributed by atoms with Crippen molar-refractivity contribution in [2.75, 3.05) is 0 Å². The first-order valence-electron chi connectivity index (χ1n) is 24.8. The molecule has 4 aliphatic rings. The largest absolute Gasteiger partial charge is 0.452 e. The van der Waals surface area contributed by atoms with Gasteiger partial charge in [-0.25, -0.2) is 0 Å². The first-order chi connectivity index (χ1) is 30.0. The van der Waals surface area contributed by atoms with Crippen LogP contribution >= 0.6 is 21.0 Å². The molecule has 3 fully saturated rings. The molecule has 1 heterocycles. The average molecular weight is 885 g/mol. The van der Waals surface area contributed by atoms with Gasteiger partial charge in [-0.1, -0.05) is 202 Å². The Morgan fingerprint density at radius 2 is 0.841 bits per heavy atom. The lowest BCUT2D eigenvalue weighted by Crippen LogP contribution is -2.40. The second kappa shape index (κ2) is 18.7. The Bertz CT molecular complexity index is 2080. The molecule has 1 aliphatic heterocycles. The van der Waals surface area contributed by atoms with Crippen molar-refractivity contribution in [3.8, 4) is 11.5 Å². The van der Waals surface area contributed by atoms with Crippen molar-refractivity contribution in [1.82, 2.24) is 0 Å². The summed E-state index contributed by atoms with van der Waals surface area (Å²) in [4.78, 5) is 0. The Labute approximate surface area is 388 Å². The summed E-state index contributed by atoms with van der Waals surface area (Å²) in [6, 6.07) is 33.1. The predicted molar refractivity (Wildman–Crippen MR) is 278 cm³/mol. The molecule has 0 saturated heterocycles. The van der Waals surface area contributed by atoms with Crippen LogP contribution in [0, 0.1) is 0 Å². The summed E-state index contributed by atoms with van der Waals surface area (Å²) in [5.41, 5.74) is 10.7. The molecule has 2 nitrogen and oxygen atoms in total. The van der Waals surface area contributed by atoms with E-state index in [-0.39, 0.29) is 42.6 Å². The van der Waals surface area contributed by atoms with Crippen LogP contribution in [0.15, 0.2) is 84.9 Å². The smallest absolute Gasteiger partial charge is 0.245 e. The first-order valence-corrected chi connectivity index (χ1v) is 28.1. The number of hydrogen-bond donors (Lipinski definition) is 0. The first kappa shape index (κ1) is 46.4. The Hall–Kier alpha value is -3.08. The molecule has 4 heteroatoms. The maximum Gasteiger partial charge on any atom is 0.245 e. The van der Waals surface area contributed by atoms with Gasteiger partial charge in [-0.3, -0.25) is 0 Å². The molecule has 8 rings (SSSR count). The zero-order valence-electron chi connectivity index (χ0n) is 40.5. The molecule has 0 amide bonds. The summed E-state index contributed by atoms with van der Waals surface area (Å²) in [5, 5.41) is 1.05. The Balaban J connectivity index is 1.42. The molecule has 4 aromatic carbocycles. The number of ether oxygens (including phenoxy) is 2. The van der Waals surface area contributed by atoms with Gasteiger partial charge < -0.3 is 9.47 Å². The summed E-state index contributed by atoms with van der Waals surface area (Å²) < 4.78 is 15.7. The fourth-order valence-corrected chi connectivity index (χ4v) is 16.7. The third-order valence-corrected chi connectivity index (χ3v) is 19.9. The van der Waals surface area contributed by atoms with Gasteiger partial charge in [-0.2, -0.15) is 21.0 Å². The molecule has 3 saturated carbocycles. The van der Waals surface area contributed by atoms with Crippen LogP contribution in [0.2, 0.25) is 0 Å². The van der Waals surface area contributed by atoms with Crippen LogP contribution in [0.3, 0.4) is 0 Å². The number of benzene rings is 4. The maximum atomic E-state index is 7.83. The molecule has 3 aliphatic carbocycles. The summed E-state index contributed by atoms with van der Waals surface area (Å²) in [7, 11) is -0.250. The van der Waals surface area contributed by atoms with Crippen LogP contribution in [0.5, 0.6) is 11.5 Å². The standard InChI is InChI=1S/C59H80O2S2/c1-55(2,3)47-37-43-41-62(9)51-31-21-11-12-22-32-52(51)63(10)42-44-38-48(56(4,5)6)40-50(59(35-25-16-26-36-59)46-29-19-14-20-30-46)54(44)61-57(7,8)60-53(43)49(39-47)58(33-23-15-24-34-58)45-27-17-13-18-28-45/h13-14,17-20,27-30,37-40,51-52H,9-12,15-16,21-26,31-36,41-42H2,1-8H3. The van der Waals surface area contributed by atoms with E-state index in [9.17, 15) is 0 Å². The second-order valence-corrected chi connectivity index (χ2v) is 26.5. The third kappa shape index (κ3) is 9.75. The molecule has 0 spiro atoms. The molecule has 4 aromatic rings. The summed E-state index contributed by atoms with van der Waals surface area (Å²) >= 11 is 0. The summed E-state index contributed by atoms with van der Waals surface area (Å²) in [5.74, 6) is 13.4.